The Morgan fingerprint density at radius 1 is 1.04 bits per heavy atom. The van der Waals surface area contributed by atoms with E-state index in [-0.39, 0.29) is 11.7 Å². The summed E-state index contributed by atoms with van der Waals surface area (Å²) in [5.74, 6) is 0.612. The summed E-state index contributed by atoms with van der Waals surface area (Å²) in [7, 11) is -3.24. The van der Waals surface area contributed by atoms with Crippen molar-refractivity contribution in [2.75, 3.05) is 32.4 Å². The van der Waals surface area contributed by atoms with Gasteiger partial charge in [0.05, 0.1) is 6.26 Å². The van der Waals surface area contributed by atoms with Crippen molar-refractivity contribution in [3.8, 4) is 11.3 Å². The van der Waals surface area contributed by atoms with E-state index in [1.165, 1.54) is 10.6 Å². The number of rotatable bonds is 3. The standard InChI is InChI=1S/C17H19ClN2O4S/c1-25(22,23)20-10-2-9-19(11-12-20)17(21)16-8-7-15(24-16)13-3-5-14(18)6-4-13/h3-8H,2,9-12H2,1H3. The van der Waals surface area contributed by atoms with Crippen molar-refractivity contribution in [1.29, 1.82) is 0 Å². The van der Waals surface area contributed by atoms with Gasteiger partial charge in [0.25, 0.3) is 5.91 Å². The number of carbonyl (C=O) groups excluding carboxylic acids is 1. The highest BCUT2D eigenvalue weighted by Gasteiger charge is 2.26. The average molecular weight is 383 g/mol. The first-order chi connectivity index (χ1) is 11.8. The van der Waals surface area contributed by atoms with Crippen molar-refractivity contribution in [2.24, 2.45) is 0 Å². The fourth-order valence-electron chi connectivity index (χ4n) is 2.81. The molecular weight excluding hydrogens is 364 g/mol. The third-order valence-corrected chi connectivity index (χ3v) is 5.71. The number of furan rings is 1. The lowest BCUT2D eigenvalue weighted by atomic mass is 10.2. The van der Waals surface area contributed by atoms with E-state index < -0.39 is 10.0 Å². The predicted molar refractivity (Wildman–Crippen MR) is 96.1 cm³/mol. The van der Waals surface area contributed by atoms with Crippen LogP contribution >= 0.6 is 11.6 Å². The van der Waals surface area contributed by atoms with Crippen LogP contribution in [0.3, 0.4) is 0 Å². The van der Waals surface area contributed by atoms with Crippen LogP contribution in [0.5, 0.6) is 0 Å². The van der Waals surface area contributed by atoms with Gasteiger partial charge in [-0.15, -0.1) is 0 Å². The highest BCUT2D eigenvalue weighted by atomic mass is 35.5. The van der Waals surface area contributed by atoms with E-state index in [2.05, 4.69) is 0 Å². The third kappa shape index (κ3) is 4.23. The van der Waals surface area contributed by atoms with E-state index in [0.29, 0.717) is 43.4 Å². The van der Waals surface area contributed by atoms with Crippen LogP contribution in [0.1, 0.15) is 17.0 Å². The molecule has 0 spiro atoms. The Morgan fingerprint density at radius 3 is 2.44 bits per heavy atom. The quantitative estimate of drug-likeness (QED) is 0.818. The molecule has 1 aliphatic rings. The zero-order chi connectivity index (χ0) is 18.0. The maximum Gasteiger partial charge on any atom is 0.289 e. The van der Waals surface area contributed by atoms with E-state index in [4.69, 9.17) is 16.0 Å². The van der Waals surface area contributed by atoms with Crippen LogP contribution in [0.25, 0.3) is 11.3 Å². The number of nitrogens with zero attached hydrogens (tertiary/aromatic N) is 2. The number of benzene rings is 1. The van der Waals surface area contributed by atoms with E-state index >= 15 is 0 Å². The Hall–Kier alpha value is -1.83. The summed E-state index contributed by atoms with van der Waals surface area (Å²) in [5, 5.41) is 0.631. The summed E-state index contributed by atoms with van der Waals surface area (Å²) in [6.45, 7) is 1.58. The van der Waals surface area contributed by atoms with Crippen molar-refractivity contribution in [3.05, 3.63) is 47.2 Å². The Kier molecular flexibility index (Phi) is 5.17. The molecule has 1 aliphatic heterocycles. The number of halogens is 1. The van der Waals surface area contributed by atoms with E-state index in [1.807, 2.05) is 12.1 Å². The monoisotopic (exact) mass is 382 g/mol. The summed E-state index contributed by atoms with van der Waals surface area (Å²) in [6, 6.07) is 10.6. The zero-order valence-corrected chi connectivity index (χ0v) is 15.4. The molecule has 1 aromatic heterocycles. The summed E-state index contributed by atoms with van der Waals surface area (Å²) in [6.07, 6.45) is 1.79. The van der Waals surface area contributed by atoms with Gasteiger partial charge in [-0.2, -0.15) is 0 Å². The third-order valence-electron chi connectivity index (χ3n) is 4.16. The fourth-order valence-corrected chi connectivity index (χ4v) is 3.81. The molecule has 1 fully saturated rings. The van der Waals surface area contributed by atoms with Gasteiger partial charge in [0, 0.05) is 36.8 Å². The molecule has 2 aromatic rings. The second-order valence-corrected chi connectivity index (χ2v) is 8.40. The highest BCUT2D eigenvalue weighted by Crippen LogP contribution is 2.24. The maximum absolute atomic E-state index is 12.7. The molecule has 0 radical (unpaired) electrons. The minimum Gasteiger partial charge on any atom is -0.451 e. The Labute approximate surface area is 152 Å². The van der Waals surface area contributed by atoms with Crippen LogP contribution in [-0.4, -0.2) is 56.0 Å². The van der Waals surface area contributed by atoms with E-state index in [9.17, 15) is 13.2 Å². The maximum atomic E-state index is 12.7. The number of sulfonamides is 1. The fraction of sp³-hybridized carbons (Fsp3) is 0.353. The lowest BCUT2D eigenvalue weighted by Crippen LogP contribution is -2.36. The van der Waals surface area contributed by atoms with Crippen molar-refractivity contribution in [1.82, 2.24) is 9.21 Å². The Morgan fingerprint density at radius 2 is 1.76 bits per heavy atom. The number of amides is 1. The molecule has 8 heteroatoms. The van der Waals surface area contributed by atoms with Crippen molar-refractivity contribution in [2.45, 2.75) is 6.42 Å². The molecule has 0 saturated carbocycles. The van der Waals surface area contributed by atoms with Gasteiger partial charge in [0.1, 0.15) is 5.76 Å². The molecule has 25 heavy (non-hydrogen) atoms. The number of carbonyl (C=O) groups is 1. The smallest absolute Gasteiger partial charge is 0.289 e. The van der Waals surface area contributed by atoms with Gasteiger partial charge in [-0.1, -0.05) is 11.6 Å². The molecule has 1 amide bonds. The number of hydrogen-bond acceptors (Lipinski definition) is 4. The average Bonchev–Trinajstić information content (AvgIpc) is 2.91. The van der Waals surface area contributed by atoms with Crippen LogP contribution in [0.4, 0.5) is 0 Å². The molecule has 0 bridgehead atoms. The Bertz CT molecular complexity index is 861. The first kappa shape index (κ1) is 18.0. The van der Waals surface area contributed by atoms with E-state index in [0.717, 1.165) is 5.56 Å². The molecule has 1 saturated heterocycles. The minimum atomic E-state index is -3.24. The van der Waals surface area contributed by atoms with Gasteiger partial charge >= 0.3 is 0 Å². The second-order valence-electron chi connectivity index (χ2n) is 5.98. The second kappa shape index (κ2) is 7.19. The molecule has 6 nitrogen and oxygen atoms in total. The molecule has 0 N–H and O–H groups in total. The molecule has 3 rings (SSSR count). The first-order valence-electron chi connectivity index (χ1n) is 7.95. The zero-order valence-electron chi connectivity index (χ0n) is 13.8. The van der Waals surface area contributed by atoms with Crippen LogP contribution < -0.4 is 0 Å². The minimum absolute atomic E-state index is 0.226. The summed E-state index contributed by atoms with van der Waals surface area (Å²) < 4.78 is 30.4. The summed E-state index contributed by atoms with van der Waals surface area (Å²) >= 11 is 5.88. The lowest BCUT2D eigenvalue weighted by Gasteiger charge is -2.19. The van der Waals surface area contributed by atoms with Crippen molar-refractivity contribution < 1.29 is 17.6 Å². The molecule has 1 aromatic carbocycles. The van der Waals surface area contributed by atoms with Crippen LogP contribution in [0.2, 0.25) is 5.02 Å². The van der Waals surface area contributed by atoms with Crippen molar-refractivity contribution >= 4 is 27.5 Å². The van der Waals surface area contributed by atoms with Gasteiger partial charge in [-0.25, -0.2) is 12.7 Å². The molecular formula is C17H19ClN2O4S. The topological polar surface area (TPSA) is 70.8 Å². The molecule has 134 valence electrons. The van der Waals surface area contributed by atoms with Gasteiger partial charge < -0.3 is 9.32 Å². The van der Waals surface area contributed by atoms with Gasteiger partial charge in [0.2, 0.25) is 10.0 Å². The van der Waals surface area contributed by atoms with Gasteiger partial charge in [-0.05, 0) is 42.8 Å². The SMILES string of the molecule is CS(=O)(=O)N1CCCN(C(=O)c2ccc(-c3ccc(Cl)cc3)o2)CC1. The van der Waals surface area contributed by atoms with Crippen molar-refractivity contribution in [3.63, 3.8) is 0 Å². The Balaban J connectivity index is 1.72. The lowest BCUT2D eigenvalue weighted by molar-refractivity contribution is 0.0733. The van der Waals surface area contributed by atoms with Crippen LogP contribution in [-0.2, 0) is 10.0 Å². The van der Waals surface area contributed by atoms with Gasteiger partial charge in [-0.3, -0.25) is 4.79 Å². The van der Waals surface area contributed by atoms with Crippen LogP contribution in [0, 0.1) is 0 Å². The van der Waals surface area contributed by atoms with E-state index in [1.54, 1.807) is 29.2 Å². The summed E-state index contributed by atoms with van der Waals surface area (Å²) in [5.41, 5.74) is 0.836. The molecule has 0 atom stereocenters. The highest BCUT2D eigenvalue weighted by molar-refractivity contribution is 7.88. The molecule has 0 aliphatic carbocycles. The molecule has 2 heterocycles. The molecule has 0 unspecified atom stereocenters. The normalized spacial score (nSPS) is 16.6. The largest absolute Gasteiger partial charge is 0.451 e. The van der Waals surface area contributed by atoms with Crippen LogP contribution in [0.15, 0.2) is 40.8 Å². The first-order valence-corrected chi connectivity index (χ1v) is 10.2. The number of hydrogen-bond donors (Lipinski definition) is 0. The van der Waals surface area contributed by atoms with Gasteiger partial charge in [0.15, 0.2) is 5.76 Å². The summed E-state index contributed by atoms with van der Waals surface area (Å²) in [4.78, 5) is 14.3. The predicted octanol–water partition coefficient (Wildman–Crippen LogP) is 2.71.